The number of pyridine rings is 1. The Bertz CT molecular complexity index is 484. The lowest BCUT2D eigenvalue weighted by Crippen LogP contribution is -2.38. The number of rotatable bonds is 5. The third-order valence-electron chi connectivity index (χ3n) is 4.01. The van der Waals surface area contributed by atoms with Crippen molar-refractivity contribution in [3.8, 4) is 0 Å². The fourth-order valence-electron chi connectivity index (χ4n) is 2.84. The van der Waals surface area contributed by atoms with Crippen molar-refractivity contribution >= 4 is 23.5 Å². The first-order chi connectivity index (χ1) is 10.1. The van der Waals surface area contributed by atoms with Gasteiger partial charge in [-0.15, -0.1) is 0 Å². The van der Waals surface area contributed by atoms with Crippen molar-refractivity contribution in [3.63, 3.8) is 0 Å². The van der Waals surface area contributed by atoms with E-state index in [-0.39, 0.29) is 5.91 Å². The van der Waals surface area contributed by atoms with Gasteiger partial charge in [0.1, 0.15) is 5.82 Å². The zero-order valence-electron chi connectivity index (χ0n) is 12.9. The van der Waals surface area contributed by atoms with Crippen molar-refractivity contribution in [3.05, 3.63) is 23.4 Å². The topological polar surface area (TPSA) is 68.0 Å². The van der Waals surface area contributed by atoms with Crippen molar-refractivity contribution in [2.24, 2.45) is 0 Å². The minimum absolute atomic E-state index is 0.0194. The molecule has 5 heteroatoms. The zero-order chi connectivity index (χ0) is 15.2. The first-order valence-electron chi connectivity index (χ1n) is 7.72. The van der Waals surface area contributed by atoms with Crippen LogP contribution in [0.4, 0.5) is 5.82 Å². The molecule has 3 N–H and O–H groups in total. The SMILES string of the molecule is CCCc1cc(C(=O)NC2CCC(SC)CC2)cc(N)n1. The third kappa shape index (κ3) is 4.63. The van der Waals surface area contributed by atoms with Crippen LogP contribution in [0.25, 0.3) is 0 Å². The maximum Gasteiger partial charge on any atom is 0.251 e. The molecule has 1 aromatic rings. The van der Waals surface area contributed by atoms with Crippen molar-refractivity contribution in [1.82, 2.24) is 10.3 Å². The third-order valence-corrected chi connectivity index (χ3v) is 5.15. The molecule has 0 spiro atoms. The minimum atomic E-state index is -0.0194. The number of hydrogen-bond donors (Lipinski definition) is 2. The molecule has 1 amide bonds. The van der Waals surface area contributed by atoms with Crippen LogP contribution in [0, 0.1) is 0 Å². The van der Waals surface area contributed by atoms with E-state index < -0.39 is 0 Å². The molecule has 1 heterocycles. The van der Waals surface area contributed by atoms with Crippen LogP contribution in [-0.4, -0.2) is 28.4 Å². The molecule has 0 radical (unpaired) electrons. The van der Waals surface area contributed by atoms with Crippen LogP contribution in [0.15, 0.2) is 12.1 Å². The normalized spacial score (nSPS) is 22.0. The maximum absolute atomic E-state index is 12.4. The quantitative estimate of drug-likeness (QED) is 0.877. The molecule has 1 aliphatic rings. The maximum atomic E-state index is 12.4. The number of nitrogens with one attached hydrogen (secondary N) is 1. The van der Waals surface area contributed by atoms with E-state index in [4.69, 9.17) is 5.73 Å². The zero-order valence-corrected chi connectivity index (χ0v) is 13.7. The van der Waals surface area contributed by atoms with E-state index in [1.54, 1.807) is 6.07 Å². The van der Waals surface area contributed by atoms with Crippen LogP contribution >= 0.6 is 11.8 Å². The van der Waals surface area contributed by atoms with Crippen LogP contribution in [0.5, 0.6) is 0 Å². The number of nitrogens with zero attached hydrogens (tertiary/aromatic N) is 1. The summed E-state index contributed by atoms with van der Waals surface area (Å²) in [5.41, 5.74) is 7.34. The van der Waals surface area contributed by atoms with E-state index >= 15 is 0 Å². The van der Waals surface area contributed by atoms with Gasteiger partial charge >= 0.3 is 0 Å². The van der Waals surface area contributed by atoms with Gasteiger partial charge < -0.3 is 11.1 Å². The number of anilines is 1. The van der Waals surface area contributed by atoms with E-state index in [9.17, 15) is 4.79 Å². The summed E-state index contributed by atoms with van der Waals surface area (Å²) in [4.78, 5) is 16.6. The van der Waals surface area contributed by atoms with Gasteiger partial charge in [-0.2, -0.15) is 11.8 Å². The summed E-state index contributed by atoms with van der Waals surface area (Å²) >= 11 is 1.93. The molecule has 2 rings (SSSR count). The number of carbonyl (C=O) groups excluding carboxylic acids is 1. The predicted molar refractivity (Wildman–Crippen MR) is 89.7 cm³/mol. The summed E-state index contributed by atoms with van der Waals surface area (Å²) in [6.07, 6.45) is 8.52. The van der Waals surface area contributed by atoms with E-state index in [1.807, 2.05) is 17.8 Å². The van der Waals surface area contributed by atoms with Crippen molar-refractivity contribution in [1.29, 1.82) is 0 Å². The Morgan fingerprint density at radius 2 is 2.10 bits per heavy atom. The smallest absolute Gasteiger partial charge is 0.251 e. The number of thioether (sulfide) groups is 1. The van der Waals surface area contributed by atoms with Crippen LogP contribution in [0.3, 0.4) is 0 Å². The lowest BCUT2D eigenvalue weighted by atomic mass is 9.94. The second-order valence-electron chi connectivity index (χ2n) is 5.70. The molecule has 0 aromatic carbocycles. The predicted octanol–water partition coefficient (Wildman–Crippen LogP) is 3.02. The summed E-state index contributed by atoms with van der Waals surface area (Å²) in [5, 5.41) is 3.90. The summed E-state index contributed by atoms with van der Waals surface area (Å²) < 4.78 is 0. The molecule has 116 valence electrons. The largest absolute Gasteiger partial charge is 0.384 e. The van der Waals surface area contributed by atoms with Gasteiger partial charge in [0.25, 0.3) is 5.91 Å². The average Bonchev–Trinajstić information content (AvgIpc) is 2.48. The van der Waals surface area contributed by atoms with Crippen LogP contribution < -0.4 is 11.1 Å². The van der Waals surface area contributed by atoms with E-state index in [0.717, 1.165) is 36.6 Å². The molecule has 0 aliphatic heterocycles. The van der Waals surface area contributed by atoms with Crippen LogP contribution in [0.2, 0.25) is 0 Å². The van der Waals surface area contributed by atoms with E-state index in [0.29, 0.717) is 17.4 Å². The second-order valence-corrected chi connectivity index (χ2v) is 6.84. The number of nitrogens with two attached hydrogens (primary N) is 1. The summed E-state index contributed by atoms with van der Waals surface area (Å²) in [6.45, 7) is 2.09. The number of nitrogen functional groups attached to an aromatic ring is 1. The van der Waals surface area contributed by atoms with Crippen LogP contribution in [0.1, 0.15) is 55.1 Å². The van der Waals surface area contributed by atoms with E-state index in [1.165, 1.54) is 12.8 Å². The molecular formula is C16H25N3OS. The molecular weight excluding hydrogens is 282 g/mol. The minimum Gasteiger partial charge on any atom is -0.384 e. The van der Waals surface area contributed by atoms with Crippen LogP contribution in [-0.2, 0) is 6.42 Å². The first kappa shape index (κ1) is 16.1. The number of hydrogen-bond acceptors (Lipinski definition) is 4. The van der Waals surface area contributed by atoms with Gasteiger partial charge in [-0.3, -0.25) is 4.79 Å². The van der Waals surface area contributed by atoms with Crippen molar-refractivity contribution in [2.45, 2.75) is 56.7 Å². The average molecular weight is 307 g/mol. The van der Waals surface area contributed by atoms with Gasteiger partial charge in [-0.1, -0.05) is 13.3 Å². The lowest BCUT2D eigenvalue weighted by Gasteiger charge is -2.28. The number of aryl methyl sites for hydroxylation is 1. The first-order valence-corrected chi connectivity index (χ1v) is 9.01. The fourth-order valence-corrected chi connectivity index (χ4v) is 3.58. The molecule has 0 unspecified atom stereocenters. The lowest BCUT2D eigenvalue weighted by molar-refractivity contribution is 0.0928. The molecule has 1 aliphatic carbocycles. The van der Waals surface area contributed by atoms with Gasteiger partial charge in [-0.25, -0.2) is 4.98 Å². The van der Waals surface area contributed by atoms with Gasteiger partial charge in [-0.05, 0) is 50.5 Å². The van der Waals surface area contributed by atoms with Gasteiger partial charge in [0.15, 0.2) is 0 Å². The molecule has 4 nitrogen and oxygen atoms in total. The number of carbonyl (C=O) groups is 1. The van der Waals surface area contributed by atoms with Crippen molar-refractivity contribution < 1.29 is 4.79 Å². The number of aromatic nitrogens is 1. The van der Waals surface area contributed by atoms with Gasteiger partial charge in [0, 0.05) is 22.5 Å². The molecule has 1 aromatic heterocycles. The Labute approximate surface area is 131 Å². The Morgan fingerprint density at radius 1 is 1.38 bits per heavy atom. The van der Waals surface area contributed by atoms with E-state index in [2.05, 4.69) is 23.5 Å². The number of amides is 1. The molecule has 21 heavy (non-hydrogen) atoms. The molecule has 1 saturated carbocycles. The highest BCUT2D eigenvalue weighted by Crippen LogP contribution is 2.27. The monoisotopic (exact) mass is 307 g/mol. The highest BCUT2D eigenvalue weighted by atomic mass is 32.2. The van der Waals surface area contributed by atoms with Gasteiger partial charge in [0.05, 0.1) is 0 Å². The molecule has 0 saturated heterocycles. The standard InChI is InChI=1S/C16H25N3OS/c1-3-4-13-9-11(10-15(17)18-13)16(20)19-12-5-7-14(21-2)8-6-12/h9-10,12,14H,3-8H2,1-2H3,(H2,17,18)(H,19,20). The summed E-state index contributed by atoms with van der Waals surface area (Å²) in [7, 11) is 0. The van der Waals surface area contributed by atoms with Crippen molar-refractivity contribution in [2.75, 3.05) is 12.0 Å². The molecule has 1 fully saturated rings. The summed E-state index contributed by atoms with van der Waals surface area (Å²) in [5.74, 6) is 0.409. The second kappa shape index (κ2) is 7.69. The fraction of sp³-hybridized carbons (Fsp3) is 0.625. The molecule has 0 bridgehead atoms. The highest BCUT2D eigenvalue weighted by Gasteiger charge is 2.22. The Morgan fingerprint density at radius 3 is 2.71 bits per heavy atom. The molecule has 0 atom stereocenters. The Balaban J connectivity index is 1.97. The highest BCUT2D eigenvalue weighted by molar-refractivity contribution is 7.99. The Kier molecular flexibility index (Phi) is 5.91. The van der Waals surface area contributed by atoms with Gasteiger partial charge in [0.2, 0.25) is 0 Å². The summed E-state index contributed by atoms with van der Waals surface area (Å²) in [6, 6.07) is 3.83. The Hall–Kier alpha value is -1.23.